The fourth-order valence-electron chi connectivity index (χ4n) is 0.566. The lowest BCUT2D eigenvalue weighted by atomic mass is 9.91. The van der Waals surface area contributed by atoms with E-state index in [4.69, 9.17) is 5.26 Å². The Morgan fingerprint density at radius 2 is 2.00 bits per heavy atom. The van der Waals surface area contributed by atoms with Crippen LogP contribution in [0.4, 0.5) is 0 Å². The quantitative estimate of drug-likeness (QED) is 0.722. The van der Waals surface area contributed by atoms with Gasteiger partial charge in [-0.25, -0.2) is 13.1 Å². The highest BCUT2D eigenvalue weighted by molar-refractivity contribution is 7.89. The zero-order chi connectivity index (χ0) is 10.5. The second-order valence-corrected chi connectivity index (χ2v) is 5.56. The molecule has 13 heavy (non-hydrogen) atoms. The molecule has 0 aromatic carbocycles. The summed E-state index contributed by atoms with van der Waals surface area (Å²) < 4.78 is 24.5. The fraction of sp³-hybridized carbons (Fsp3) is 0.875. The van der Waals surface area contributed by atoms with Crippen LogP contribution in [0.25, 0.3) is 0 Å². The number of nitriles is 1. The summed E-state index contributed by atoms with van der Waals surface area (Å²) in [4.78, 5) is 0. The lowest BCUT2D eigenvalue weighted by Gasteiger charge is -2.22. The molecule has 5 heteroatoms. The Morgan fingerprint density at radius 1 is 1.46 bits per heavy atom. The average Bonchev–Trinajstić information content (AvgIpc) is 2.02. The van der Waals surface area contributed by atoms with Crippen molar-refractivity contribution in [3.05, 3.63) is 0 Å². The van der Waals surface area contributed by atoms with Crippen LogP contribution in [0.3, 0.4) is 0 Å². The van der Waals surface area contributed by atoms with Gasteiger partial charge in [-0.05, 0) is 11.8 Å². The van der Waals surface area contributed by atoms with Gasteiger partial charge in [-0.2, -0.15) is 5.26 Å². The summed E-state index contributed by atoms with van der Waals surface area (Å²) in [5.74, 6) is -0.465. The van der Waals surface area contributed by atoms with Gasteiger partial charge in [-0.15, -0.1) is 0 Å². The van der Waals surface area contributed by atoms with E-state index in [9.17, 15) is 8.42 Å². The first-order chi connectivity index (χ1) is 5.83. The van der Waals surface area contributed by atoms with Gasteiger partial charge in [0.1, 0.15) is 0 Å². The molecule has 1 N–H and O–H groups in total. The normalized spacial score (nSPS) is 12.5. The molecule has 0 fully saturated rings. The minimum atomic E-state index is -3.39. The van der Waals surface area contributed by atoms with Crippen molar-refractivity contribution in [2.75, 3.05) is 12.3 Å². The standard InChI is InChI=1S/C8H16N2O2S/c1-4-8(2,3)7-10-13(11,12)6-5-9/h10H,4,6-7H2,1-3H3. The summed E-state index contributed by atoms with van der Waals surface area (Å²) in [6.07, 6.45) is 0.891. The Balaban J connectivity index is 4.12. The number of hydrogen-bond donors (Lipinski definition) is 1. The van der Waals surface area contributed by atoms with Gasteiger partial charge in [0.25, 0.3) is 0 Å². The molecule has 0 unspecified atom stereocenters. The van der Waals surface area contributed by atoms with Gasteiger partial charge in [0.2, 0.25) is 10.0 Å². The summed E-state index contributed by atoms with van der Waals surface area (Å²) in [7, 11) is -3.39. The van der Waals surface area contributed by atoms with Crippen LogP contribution in [0, 0.1) is 16.7 Å². The second-order valence-electron chi connectivity index (χ2n) is 3.76. The van der Waals surface area contributed by atoms with E-state index in [1.165, 1.54) is 0 Å². The molecule has 0 spiro atoms. The van der Waals surface area contributed by atoms with E-state index in [1.807, 2.05) is 20.8 Å². The molecular formula is C8H16N2O2S. The Hall–Kier alpha value is -0.600. The molecule has 0 atom stereocenters. The molecule has 0 heterocycles. The Bertz CT molecular complexity index is 288. The molecule has 0 saturated heterocycles. The van der Waals surface area contributed by atoms with Gasteiger partial charge in [-0.1, -0.05) is 20.8 Å². The van der Waals surface area contributed by atoms with Gasteiger partial charge in [0, 0.05) is 6.54 Å². The molecule has 0 rings (SSSR count). The molecule has 0 aliphatic carbocycles. The van der Waals surface area contributed by atoms with Gasteiger partial charge in [0.15, 0.2) is 5.75 Å². The van der Waals surface area contributed by atoms with Crippen molar-refractivity contribution >= 4 is 10.0 Å². The zero-order valence-electron chi connectivity index (χ0n) is 8.29. The first-order valence-corrected chi connectivity index (χ1v) is 5.82. The molecule has 4 nitrogen and oxygen atoms in total. The molecule has 0 bridgehead atoms. The van der Waals surface area contributed by atoms with Gasteiger partial charge in [0.05, 0.1) is 6.07 Å². The Morgan fingerprint density at radius 3 is 2.38 bits per heavy atom. The first-order valence-electron chi connectivity index (χ1n) is 4.17. The lowest BCUT2D eigenvalue weighted by molar-refractivity contribution is 0.350. The van der Waals surface area contributed by atoms with Crippen LogP contribution in [0.1, 0.15) is 27.2 Å². The van der Waals surface area contributed by atoms with Crippen molar-refractivity contribution in [2.24, 2.45) is 5.41 Å². The van der Waals surface area contributed by atoms with E-state index in [-0.39, 0.29) is 5.41 Å². The highest BCUT2D eigenvalue weighted by atomic mass is 32.2. The molecule has 0 amide bonds. The third kappa shape index (κ3) is 5.61. The van der Waals surface area contributed by atoms with Crippen molar-refractivity contribution in [1.29, 1.82) is 5.26 Å². The number of hydrogen-bond acceptors (Lipinski definition) is 3. The molecular weight excluding hydrogens is 188 g/mol. The maximum atomic E-state index is 11.1. The zero-order valence-corrected chi connectivity index (χ0v) is 9.11. The predicted molar refractivity (Wildman–Crippen MR) is 51.5 cm³/mol. The second kappa shape index (κ2) is 4.58. The smallest absolute Gasteiger partial charge is 0.214 e. The maximum absolute atomic E-state index is 11.1. The number of nitrogens with one attached hydrogen (secondary N) is 1. The Kier molecular flexibility index (Phi) is 4.37. The van der Waals surface area contributed by atoms with Crippen LogP contribution in [-0.4, -0.2) is 20.7 Å². The fourth-order valence-corrected chi connectivity index (χ4v) is 1.45. The van der Waals surface area contributed by atoms with E-state index < -0.39 is 15.8 Å². The lowest BCUT2D eigenvalue weighted by Crippen LogP contribution is -2.34. The molecule has 0 aliphatic heterocycles. The Labute approximate surface area is 80.0 Å². The SMILES string of the molecule is CCC(C)(C)CNS(=O)(=O)CC#N. The van der Waals surface area contributed by atoms with Crippen molar-refractivity contribution in [2.45, 2.75) is 27.2 Å². The number of rotatable bonds is 5. The minimum absolute atomic E-state index is 0.0530. The number of nitrogens with zero attached hydrogens (tertiary/aromatic N) is 1. The average molecular weight is 204 g/mol. The third-order valence-corrected chi connectivity index (χ3v) is 3.08. The van der Waals surface area contributed by atoms with E-state index >= 15 is 0 Å². The van der Waals surface area contributed by atoms with Crippen LogP contribution in [0.2, 0.25) is 0 Å². The topological polar surface area (TPSA) is 70.0 Å². The maximum Gasteiger partial charge on any atom is 0.225 e. The highest BCUT2D eigenvalue weighted by Crippen LogP contribution is 2.17. The third-order valence-electron chi connectivity index (χ3n) is 1.98. The molecule has 76 valence electrons. The van der Waals surface area contributed by atoms with Crippen LogP contribution >= 0.6 is 0 Å². The summed E-state index contributed by atoms with van der Waals surface area (Å²) in [5.41, 5.74) is -0.0530. The van der Waals surface area contributed by atoms with Crippen LogP contribution in [0.15, 0.2) is 0 Å². The summed E-state index contributed by atoms with van der Waals surface area (Å²) >= 11 is 0. The van der Waals surface area contributed by atoms with E-state index in [0.29, 0.717) is 6.54 Å². The molecule has 0 aromatic heterocycles. The minimum Gasteiger partial charge on any atom is -0.214 e. The van der Waals surface area contributed by atoms with E-state index in [0.717, 1.165) is 6.42 Å². The van der Waals surface area contributed by atoms with Crippen molar-refractivity contribution in [1.82, 2.24) is 4.72 Å². The van der Waals surface area contributed by atoms with E-state index in [2.05, 4.69) is 4.72 Å². The summed E-state index contributed by atoms with van der Waals surface area (Å²) in [6.45, 7) is 6.33. The largest absolute Gasteiger partial charge is 0.225 e. The van der Waals surface area contributed by atoms with Crippen LogP contribution in [0.5, 0.6) is 0 Å². The summed E-state index contributed by atoms with van der Waals surface area (Å²) in [6, 6.07) is 1.61. The van der Waals surface area contributed by atoms with Crippen molar-refractivity contribution in [3.8, 4) is 6.07 Å². The van der Waals surface area contributed by atoms with Crippen molar-refractivity contribution in [3.63, 3.8) is 0 Å². The highest BCUT2D eigenvalue weighted by Gasteiger charge is 2.18. The first kappa shape index (κ1) is 12.4. The van der Waals surface area contributed by atoms with Crippen molar-refractivity contribution < 1.29 is 8.42 Å². The van der Waals surface area contributed by atoms with Gasteiger partial charge < -0.3 is 0 Å². The van der Waals surface area contributed by atoms with Crippen LogP contribution < -0.4 is 4.72 Å². The van der Waals surface area contributed by atoms with Gasteiger partial charge in [-0.3, -0.25) is 0 Å². The monoisotopic (exact) mass is 204 g/mol. The van der Waals surface area contributed by atoms with Crippen LogP contribution in [-0.2, 0) is 10.0 Å². The molecule has 0 aromatic rings. The number of sulfonamides is 1. The van der Waals surface area contributed by atoms with E-state index in [1.54, 1.807) is 6.07 Å². The predicted octanol–water partition coefficient (Wildman–Crippen LogP) is 0.866. The summed E-state index contributed by atoms with van der Waals surface area (Å²) in [5, 5.41) is 8.22. The molecule has 0 radical (unpaired) electrons. The molecule has 0 aliphatic rings. The molecule has 0 saturated carbocycles. The van der Waals surface area contributed by atoms with Gasteiger partial charge >= 0.3 is 0 Å².